The zero-order valence-electron chi connectivity index (χ0n) is 13.8. The van der Waals surface area contributed by atoms with E-state index in [0.717, 1.165) is 27.1 Å². The second-order valence-electron chi connectivity index (χ2n) is 5.61. The largest absolute Gasteiger partial charge is 0.157 e. The Morgan fingerprint density at radius 3 is 2.32 bits per heavy atom. The van der Waals surface area contributed by atoms with Gasteiger partial charge in [-0.2, -0.15) is 11.8 Å². The van der Waals surface area contributed by atoms with Crippen LogP contribution in [0.3, 0.4) is 0 Å². The Balaban J connectivity index is 0.000000235. The van der Waals surface area contributed by atoms with Crippen LogP contribution in [0.1, 0.15) is 64.4 Å². The molecule has 0 nitrogen and oxygen atoms in total. The molecular formula is C19H28Cl2S. The lowest BCUT2D eigenvalue weighted by Gasteiger charge is -2.10. The first kappa shape index (κ1) is 19.9. The van der Waals surface area contributed by atoms with Crippen LogP contribution in [0.5, 0.6) is 0 Å². The van der Waals surface area contributed by atoms with E-state index in [-0.39, 0.29) is 0 Å². The zero-order chi connectivity index (χ0) is 16.2. The lowest BCUT2D eigenvalue weighted by atomic mass is 9.96. The molecule has 22 heavy (non-hydrogen) atoms. The number of rotatable bonds is 6. The van der Waals surface area contributed by atoms with E-state index in [0.29, 0.717) is 0 Å². The van der Waals surface area contributed by atoms with Crippen molar-refractivity contribution in [3.63, 3.8) is 0 Å². The van der Waals surface area contributed by atoms with Crippen LogP contribution in [0.2, 0.25) is 10.0 Å². The fourth-order valence-electron chi connectivity index (χ4n) is 2.44. The fraction of sp³-hybridized carbons (Fsp3) is 0.579. The highest BCUT2D eigenvalue weighted by atomic mass is 35.5. The van der Waals surface area contributed by atoms with Crippen LogP contribution in [0.4, 0.5) is 0 Å². The Labute approximate surface area is 150 Å². The van der Waals surface area contributed by atoms with Gasteiger partial charge in [-0.15, -0.1) is 0 Å². The van der Waals surface area contributed by atoms with Gasteiger partial charge in [0.2, 0.25) is 0 Å². The van der Waals surface area contributed by atoms with Gasteiger partial charge >= 0.3 is 0 Å². The van der Waals surface area contributed by atoms with Gasteiger partial charge in [0.15, 0.2) is 0 Å². The minimum absolute atomic E-state index is 0.774. The van der Waals surface area contributed by atoms with Crippen molar-refractivity contribution in [2.75, 3.05) is 5.75 Å². The lowest BCUT2D eigenvalue weighted by Crippen LogP contribution is -1.90. The van der Waals surface area contributed by atoms with Gasteiger partial charge in [0.25, 0.3) is 0 Å². The molecule has 0 atom stereocenters. The molecule has 0 fully saturated rings. The minimum atomic E-state index is 0.774. The third-order valence-corrected chi connectivity index (χ3v) is 5.51. The molecule has 0 spiro atoms. The molecule has 0 heterocycles. The minimum Gasteiger partial charge on any atom is -0.157 e. The summed E-state index contributed by atoms with van der Waals surface area (Å²) in [5, 5.41) is 1.55. The Morgan fingerprint density at radius 2 is 1.77 bits per heavy atom. The summed E-state index contributed by atoms with van der Waals surface area (Å²) in [4.78, 5) is 0. The SMILES string of the molecule is CCCC1=CCCCC1.CCCSCc1c(Cl)cccc1Cl. The smallest absolute Gasteiger partial charge is 0.0461 e. The van der Waals surface area contributed by atoms with Crippen LogP contribution < -0.4 is 0 Å². The van der Waals surface area contributed by atoms with E-state index in [1.165, 1.54) is 44.9 Å². The average Bonchev–Trinajstić information content (AvgIpc) is 2.52. The van der Waals surface area contributed by atoms with E-state index in [1.807, 2.05) is 30.0 Å². The van der Waals surface area contributed by atoms with E-state index in [9.17, 15) is 0 Å². The number of hydrogen-bond donors (Lipinski definition) is 0. The van der Waals surface area contributed by atoms with Gasteiger partial charge in [0.05, 0.1) is 0 Å². The number of allylic oxidation sites excluding steroid dienone is 2. The predicted molar refractivity (Wildman–Crippen MR) is 104 cm³/mol. The molecule has 0 aromatic heterocycles. The van der Waals surface area contributed by atoms with Crippen molar-refractivity contribution in [2.45, 2.75) is 64.5 Å². The molecule has 0 N–H and O–H groups in total. The van der Waals surface area contributed by atoms with Gasteiger partial charge in [-0.05, 0) is 62.0 Å². The van der Waals surface area contributed by atoms with Crippen molar-refractivity contribution < 1.29 is 0 Å². The van der Waals surface area contributed by atoms with E-state index < -0.39 is 0 Å². The maximum Gasteiger partial charge on any atom is 0.0461 e. The third-order valence-electron chi connectivity index (χ3n) is 3.61. The quantitative estimate of drug-likeness (QED) is 0.367. The molecule has 0 amide bonds. The highest BCUT2D eigenvalue weighted by molar-refractivity contribution is 7.98. The molecule has 124 valence electrons. The molecule has 1 aliphatic rings. The first-order chi connectivity index (χ1) is 10.7. The van der Waals surface area contributed by atoms with Gasteiger partial charge in [-0.3, -0.25) is 0 Å². The summed E-state index contributed by atoms with van der Waals surface area (Å²) in [6, 6.07) is 5.64. The van der Waals surface area contributed by atoms with Crippen LogP contribution in [0, 0.1) is 0 Å². The van der Waals surface area contributed by atoms with Crippen LogP contribution >= 0.6 is 35.0 Å². The standard InChI is InChI=1S/C10H12Cl2S.C9H16/c1-2-6-13-7-8-9(11)4-3-5-10(8)12;1-2-6-9-7-4-3-5-8-9/h3-5H,2,6-7H2,1H3;7H,2-6,8H2,1H3. The second-order valence-corrected chi connectivity index (χ2v) is 7.53. The van der Waals surface area contributed by atoms with Crippen LogP contribution in [-0.2, 0) is 5.75 Å². The summed E-state index contributed by atoms with van der Waals surface area (Å²) in [6.45, 7) is 4.43. The van der Waals surface area contributed by atoms with E-state index in [2.05, 4.69) is 19.9 Å². The molecule has 0 unspecified atom stereocenters. The van der Waals surface area contributed by atoms with Gasteiger partial charge in [0.1, 0.15) is 0 Å². The monoisotopic (exact) mass is 358 g/mol. The van der Waals surface area contributed by atoms with Crippen LogP contribution in [0.15, 0.2) is 29.8 Å². The second kappa shape index (κ2) is 12.3. The number of thioether (sulfide) groups is 1. The predicted octanol–water partition coefficient (Wildman–Crippen LogP) is 7.92. The van der Waals surface area contributed by atoms with Crippen molar-refractivity contribution in [3.8, 4) is 0 Å². The molecule has 2 rings (SSSR count). The normalized spacial score (nSPS) is 14.1. The summed E-state index contributed by atoms with van der Waals surface area (Å²) >= 11 is 13.9. The lowest BCUT2D eigenvalue weighted by molar-refractivity contribution is 0.670. The van der Waals surface area contributed by atoms with Crippen LogP contribution in [-0.4, -0.2) is 5.75 Å². The molecule has 1 aliphatic carbocycles. The molecule has 0 aliphatic heterocycles. The highest BCUT2D eigenvalue weighted by Crippen LogP contribution is 2.28. The van der Waals surface area contributed by atoms with Gasteiger partial charge in [-0.1, -0.05) is 61.2 Å². The zero-order valence-corrected chi connectivity index (χ0v) is 16.2. The van der Waals surface area contributed by atoms with Gasteiger partial charge in [0, 0.05) is 15.8 Å². The molecule has 3 heteroatoms. The summed E-state index contributed by atoms with van der Waals surface area (Å²) in [5.74, 6) is 2.06. The Morgan fingerprint density at radius 1 is 1.05 bits per heavy atom. The maximum absolute atomic E-state index is 6.01. The van der Waals surface area contributed by atoms with Crippen molar-refractivity contribution >= 4 is 35.0 Å². The van der Waals surface area contributed by atoms with Crippen LogP contribution in [0.25, 0.3) is 0 Å². The third kappa shape index (κ3) is 7.94. The summed E-state index contributed by atoms with van der Waals surface area (Å²) in [6.07, 6.45) is 11.9. The molecule has 1 aromatic rings. The Kier molecular flexibility index (Phi) is 11.2. The van der Waals surface area contributed by atoms with Crippen molar-refractivity contribution in [1.29, 1.82) is 0 Å². The van der Waals surface area contributed by atoms with E-state index in [4.69, 9.17) is 23.2 Å². The first-order valence-electron chi connectivity index (χ1n) is 8.37. The van der Waals surface area contributed by atoms with Gasteiger partial charge < -0.3 is 0 Å². The molecule has 0 radical (unpaired) electrons. The number of benzene rings is 1. The molecule has 1 aromatic carbocycles. The molecule has 0 saturated heterocycles. The number of halogens is 2. The van der Waals surface area contributed by atoms with Gasteiger partial charge in [-0.25, -0.2) is 0 Å². The Hall–Kier alpha value is -0.110. The average molecular weight is 359 g/mol. The maximum atomic E-state index is 6.01. The fourth-order valence-corrected chi connectivity index (χ4v) is 4.08. The topological polar surface area (TPSA) is 0 Å². The first-order valence-corrected chi connectivity index (χ1v) is 10.3. The summed E-state index contributed by atoms with van der Waals surface area (Å²) in [5.41, 5.74) is 2.77. The van der Waals surface area contributed by atoms with Crippen molar-refractivity contribution in [3.05, 3.63) is 45.5 Å². The highest BCUT2D eigenvalue weighted by Gasteiger charge is 2.04. The van der Waals surface area contributed by atoms with Crippen molar-refractivity contribution in [1.82, 2.24) is 0 Å². The summed E-state index contributed by atoms with van der Waals surface area (Å²) < 4.78 is 0. The number of hydrogen-bond acceptors (Lipinski definition) is 1. The molecular weight excluding hydrogens is 331 g/mol. The van der Waals surface area contributed by atoms with E-state index >= 15 is 0 Å². The van der Waals surface area contributed by atoms with Crippen molar-refractivity contribution in [2.24, 2.45) is 0 Å². The molecule has 0 bridgehead atoms. The Bertz CT molecular complexity index is 434. The summed E-state index contributed by atoms with van der Waals surface area (Å²) in [7, 11) is 0. The van der Waals surface area contributed by atoms with E-state index in [1.54, 1.807) is 5.57 Å². The molecule has 0 saturated carbocycles.